The SMILES string of the molecule is Cc1cc(C)c2nc(N3C(=O)C(=O)C(=C(O)c4ccc(Cl)cc4)C3c3ccc(Cl)c(Cl)c3)sc2c1. The Morgan fingerprint density at radius 1 is 0.971 bits per heavy atom. The van der Waals surface area contributed by atoms with Gasteiger partial charge in [-0.2, -0.15) is 0 Å². The maximum atomic E-state index is 13.4. The van der Waals surface area contributed by atoms with Crippen molar-refractivity contribution in [2.24, 2.45) is 0 Å². The van der Waals surface area contributed by atoms with Crippen LogP contribution in [0.1, 0.15) is 28.3 Å². The Balaban J connectivity index is 1.76. The molecule has 176 valence electrons. The molecule has 4 aromatic rings. The van der Waals surface area contributed by atoms with Crippen molar-refractivity contribution in [1.29, 1.82) is 0 Å². The van der Waals surface area contributed by atoms with Crippen molar-refractivity contribution in [3.63, 3.8) is 0 Å². The van der Waals surface area contributed by atoms with Crippen LogP contribution in [0.4, 0.5) is 5.13 Å². The summed E-state index contributed by atoms with van der Waals surface area (Å²) >= 11 is 19.7. The molecule has 1 fully saturated rings. The summed E-state index contributed by atoms with van der Waals surface area (Å²) in [5, 5.41) is 12.6. The van der Waals surface area contributed by atoms with Gasteiger partial charge in [0.05, 0.1) is 31.9 Å². The quantitative estimate of drug-likeness (QED) is 0.165. The first kappa shape index (κ1) is 23.8. The lowest BCUT2D eigenvalue weighted by atomic mass is 9.95. The Bertz CT molecular complexity index is 1560. The Hall–Kier alpha value is -2.90. The molecule has 0 bridgehead atoms. The largest absolute Gasteiger partial charge is 0.507 e. The summed E-state index contributed by atoms with van der Waals surface area (Å²) in [6.07, 6.45) is 0. The van der Waals surface area contributed by atoms with E-state index in [1.54, 1.807) is 42.5 Å². The zero-order valence-electron chi connectivity index (χ0n) is 18.5. The van der Waals surface area contributed by atoms with Crippen LogP contribution in [0, 0.1) is 13.8 Å². The number of nitrogens with zero attached hydrogens (tertiary/aromatic N) is 2. The zero-order chi connectivity index (χ0) is 25.0. The number of carbonyl (C=O) groups excluding carboxylic acids is 2. The topological polar surface area (TPSA) is 70.5 Å². The second-order valence-electron chi connectivity index (χ2n) is 8.27. The van der Waals surface area contributed by atoms with Gasteiger partial charge in [-0.1, -0.05) is 58.3 Å². The van der Waals surface area contributed by atoms with Crippen LogP contribution in [0.15, 0.2) is 60.2 Å². The number of aliphatic hydroxyl groups excluding tert-OH is 1. The van der Waals surface area contributed by atoms with Gasteiger partial charge in [0, 0.05) is 10.6 Å². The standard InChI is InChI=1S/C26H17Cl3N2O3S/c1-12-9-13(2)21-19(10-12)35-26(30-21)31-22(15-5-8-17(28)18(29)11-15)20(24(33)25(31)34)23(32)14-3-6-16(27)7-4-14/h3-11,22,32H,1-2H3. The molecular weight excluding hydrogens is 527 g/mol. The van der Waals surface area contributed by atoms with Gasteiger partial charge in [0.15, 0.2) is 5.13 Å². The van der Waals surface area contributed by atoms with E-state index in [9.17, 15) is 14.7 Å². The highest BCUT2D eigenvalue weighted by molar-refractivity contribution is 7.22. The smallest absolute Gasteiger partial charge is 0.301 e. The molecule has 1 amide bonds. The molecule has 0 saturated carbocycles. The highest BCUT2D eigenvalue weighted by Crippen LogP contribution is 2.45. The predicted molar refractivity (Wildman–Crippen MR) is 142 cm³/mol. The molecule has 1 saturated heterocycles. The number of hydrogen-bond acceptors (Lipinski definition) is 5. The fourth-order valence-corrected chi connectivity index (χ4v) is 5.85. The molecule has 35 heavy (non-hydrogen) atoms. The van der Waals surface area contributed by atoms with Gasteiger partial charge >= 0.3 is 5.91 Å². The summed E-state index contributed by atoms with van der Waals surface area (Å²) in [4.78, 5) is 32.7. The summed E-state index contributed by atoms with van der Waals surface area (Å²) in [7, 11) is 0. The molecule has 1 aliphatic rings. The molecular formula is C26H17Cl3N2O3S. The molecule has 5 nitrogen and oxygen atoms in total. The first-order chi connectivity index (χ1) is 16.7. The Labute approximate surface area is 220 Å². The molecule has 0 radical (unpaired) electrons. The Morgan fingerprint density at radius 3 is 2.37 bits per heavy atom. The van der Waals surface area contributed by atoms with Gasteiger partial charge < -0.3 is 5.11 Å². The van der Waals surface area contributed by atoms with Crippen molar-refractivity contribution in [3.8, 4) is 0 Å². The molecule has 1 aromatic heterocycles. The van der Waals surface area contributed by atoms with Crippen LogP contribution in [0.2, 0.25) is 15.1 Å². The number of Topliss-reactive ketones (excluding diaryl/α,β-unsaturated/α-hetero) is 1. The van der Waals surface area contributed by atoms with Gasteiger partial charge in [-0.15, -0.1) is 0 Å². The zero-order valence-corrected chi connectivity index (χ0v) is 21.6. The summed E-state index contributed by atoms with van der Waals surface area (Å²) in [6.45, 7) is 3.93. The second-order valence-corrected chi connectivity index (χ2v) is 10.5. The third-order valence-electron chi connectivity index (χ3n) is 5.85. The van der Waals surface area contributed by atoms with Gasteiger partial charge in [0.1, 0.15) is 5.76 Å². The Morgan fingerprint density at radius 2 is 1.69 bits per heavy atom. The van der Waals surface area contributed by atoms with Gasteiger partial charge in [0.25, 0.3) is 5.78 Å². The van der Waals surface area contributed by atoms with Crippen LogP contribution in [0.25, 0.3) is 16.0 Å². The molecule has 1 unspecified atom stereocenters. The van der Waals surface area contributed by atoms with E-state index in [0.717, 1.165) is 21.3 Å². The predicted octanol–water partition coefficient (Wildman–Crippen LogP) is 7.50. The van der Waals surface area contributed by atoms with Crippen molar-refractivity contribution in [2.75, 3.05) is 4.90 Å². The number of ketones is 1. The lowest BCUT2D eigenvalue weighted by Crippen LogP contribution is -2.29. The number of amides is 1. The Kier molecular flexibility index (Phi) is 6.09. The van der Waals surface area contributed by atoms with Crippen LogP contribution in [-0.2, 0) is 9.59 Å². The minimum Gasteiger partial charge on any atom is -0.507 e. The van der Waals surface area contributed by atoms with E-state index in [4.69, 9.17) is 39.8 Å². The number of fused-ring (bicyclic) bond motifs is 1. The number of benzene rings is 3. The van der Waals surface area contributed by atoms with Gasteiger partial charge in [-0.05, 0) is 73.0 Å². The third kappa shape index (κ3) is 4.10. The first-order valence-electron chi connectivity index (χ1n) is 10.6. The molecule has 0 spiro atoms. The number of aliphatic hydroxyl groups is 1. The average Bonchev–Trinajstić information content (AvgIpc) is 3.34. The van der Waals surface area contributed by atoms with Crippen LogP contribution in [0.3, 0.4) is 0 Å². The van der Waals surface area contributed by atoms with Gasteiger partial charge in [0.2, 0.25) is 0 Å². The van der Waals surface area contributed by atoms with E-state index in [2.05, 4.69) is 0 Å². The highest BCUT2D eigenvalue weighted by Gasteiger charge is 2.48. The van der Waals surface area contributed by atoms with E-state index >= 15 is 0 Å². The molecule has 0 aliphatic carbocycles. The highest BCUT2D eigenvalue weighted by atomic mass is 35.5. The summed E-state index contributed by atoms with van der Waals surface area (Å²) in [5.74, 6) is -1.92. The molecule has 1 atom stereocenters. The van der Waals surface area contributed by atoms with Crippen LogP contribution < -0.4 is 4.90 Å². The van der Waals surface area contributed by atoms with E-state index in [1.165, 1.54) is 16.2 Å². The number of anilines is 1. The van der Waals surface area contributed by atoms with Gasteiger partial charge in [-0.25, -0.2) is 4.98 Å². The number of carbonyl (C=O) groups is 2. The van der Waals surface area contributed by atoms with Crippen LogP contribution in [-0.4, -0.2) is 21.8 Å². The number of halogens is 3. The molecule has 9 heteroatoms. The lowest BCUT2D eigenvalue weighted by Gasteiger charge is -2.23. The van der Waals surface area contributed by atoms with Crippen molar-refractivity contribution < 1.29 is 14.7 Å². The molecule has 1 N–H and O–H groups in total. The molecule has 3 aromatic carbocycles. The fraction of sp³-hybridized carbons (Fsp3) is 0.115. The number of aromatic nitrogens is 1. The van der Waals surface area contributed by atoms with Crippen LogP contribution >= 0.6 is 46.1 Å². The molecule has 2 heterocycles. The summed E-state index contributed by atoms with van der Waals surface area (Å²) in [5.41, 5.74) is 3.59. The number of thiazole rings is 1. The molecule has 5 rings (SSSR count). The minimum absolute atomic E-state index is 0.0668. The second kappa shape index (κ2) is 8.95. The van der Waals surface area contributed by atoms with Crippen molar-refractivity contribution >= 4 is 78.9 Å². The van der Waals surface area contributed by atoms with E-state index in [1.807, 2.05) is 26.0 Å². The van der Waals surface area contributed by atoms with Crippen molar-refractivity contribution in [3.05, 3.63) is 97.5 Å². The number of rotatable bonds is 3. The number of aryl methyl sites for hydroxylation is 2. The number of hydrogen-bond donors (Lipinski definition) is 1. The molecule has 1 aliphatic heterocycles. The van der Waals surface area contributed by atoms with E-state index < -0.39 is 17.7 Å². The lowest BCUT2D eigenvalue weighted by molar-refractivity contribution is -0.132. The fourth-order valence-electron chi connectivity index (χ4n) is 4.25. The minimum atomic E-state index is -0.956. The van der Waals surface area contributed by atoms with Crippen LogP contribution in [0.5, 0.6) is 0 Å². The maximum absolute atomic E-state index is 13.4. The van der Waals surface area contributed by atoms with Gasteiger partial charge in [-0.3, -0.25) is 14.5 Å². The van der Waals surface area contributed by atoms with E-state index in [-0.39, 0.29) is 16.4 Å². The van der Waals surface area contributed by atoms with Crippen molar-refractivity contribution in [2.45, 2.75) is 19.9 Å². The van der Waals surface area contributed by atoms with E-state index in [0.29, 0.717) is 26.3 Å². The average molecular weight is 544 g/mol. The normalized spacial score (nSPS) is 17.5. The summed E-state index contributed by atoms with van der Waals surface area (Å²) < 4.78 is 0.894. The summed E-state index contributed by atoms with van der Waals surface area (Å²) in [6, 6.07) is 14.3. The monoisotopic (exact) mass is 542 g/mol. The third-order valence-corrected chi connectivity index (χ3v) is 7.84. The maximum Gasteiger partial charge on any atom is 0.301 e. The first-order valence-corrected chi connectivity index (χ1v) is 12.5. The van der Waals surface area contributed by atoms with Crippen molar-refractivity contribution in [1.82, 2.24) is 4.98 Å².